The van der Waals surface area contributed by atoms with Gasteiger partial charge in [-0.2, -0.15) is 0 Å². The maximum absolute atomic E-state index is 12.8. The Morgan fingerprint density at radius 3 is 2.33 bits per heavy atom. The molecule has 0 spiro atoms. The third-order valence-corrected chi connectivity index (χ3v) is 5.14. The van der Waals surface area contributed by atoms with Crippen LogP contribution in [0, 0.1) is 0 Å². The lowest BCUT2D eigenvalue weighted by molar-refractivity contribution is -0.127. The molecule has 4 heteroatoms. The highest BCUT2D eigenvalue weighted by molar-refractivity contribution is 6.02. The minimum Gasteiger partial charge on any atom is -0.352 e. The molecule has 0 unspecified atom stereocenters. The number of rotatable bonds is 2. The Bertz CT molecular complexity index is 790. The third-order valence-electron chi connectivity index (χ3n) is 5.14. The molecule has 2 aliphatic rings. The fraction of sp³-hybridized carbons (Fsp3) is 0.300. The number of nitrogens with one attached hydrogen (secondary N) is 1. The second kappa shape index (κ2) is 5.78. The molecule has 0 bridgehead atoms. The predicted molar refractivity (Wildman–Crippen MR) is 93.0 cm³/mol. The SMILES string of the molecule is CN1C(=O)C[C@@H](C(=O)NC2Cc3ccccc3C2)c2ccccc21. The Labute approximate surface area is 141 Å². The number of carbonyl (C=O) groups is 2. The van der Waals surface area contributed by atoms with E-state index >= 15 is 0 Å². The maximum atomic E-state index is 12.8. The molecule has 1 aliphatic heterocycles. The van der Waals surface area contributed by atoms with Crippen LogP contribution in [-0.2, 0) is 22.4 Å². The second-order valence-electron chi connectivity index (χ2n) is 6.65. The van der Waals surface area contributed by atoms with E-state index in [-0.39, 0.29) is 24.3 Å². The molecular weight excluding hydrogens is 300 g/mol. The Kier molecular flexibility index (Phi) is 3.60. The van der Waals surface area contributed by atoms with Crippen LogP contribution in [0.4, 0.5) is 5.69 Å². The van der Waals surface area contributed by atoms with Crippen molar-refractivity contribution >= 4 is 17.5 Å². The van der Waals surface area contributed by atoms with Gasteiger partial charge in [0.2, 0.25) is 11.8 Å². The maximum Gasteiger partial charge on any atom is 0.228 e. The Morgan fingerprint density at radius 1 is 1.00 bits per heavy atom. The van der Waals surface area contributed by atoms with Crippen molar-refractivity contribution in [3.63, 3.8) is 0 Å². The van der Waals surface area contributed by atoms with Crippen molar-refractivity contribution in [1.82, 2.24) is 5.32 Å². The highest BCUT2D eigenvalue weighted by atomic mass is 16.2. The van der Waals surface area contributed by atoms with Gasteiger partial charge in [0.25, 0.3) is 0 Å². The zero-order valence-electron chi connectivity index (χ0n) is 13.7. The van der Waals surface area contributed by atoms with Crippen molar-refractivity contribution in [1.29, 1.82) is 0 Å². The number of hydrogen-bond donors (Lipinski definition) is 1. The molecule has 2 aromatic rings. The summed E-state index contributed by atoms with van der Waals surface area (Å²) in [5.74, 6) is -0.445. The number of carbonyl (C=O) groups excluding carboxylic acids is 2. The minimum absolute atomic E-state index is 0.0106. The summed E-state index contributed by atoms with van der Waals surface area (Å²) >= 11 is 0. The molecule has 4 nitrogen and oxygen atoms in total. The molecule has 1 N–H and O–H groups in total. The number of fused-ring (bicyclic) bond motifs is 2. The number of para-hydroxylation sites is 1. The zero-order chi connectivity index (χ0) is 16.7. The lowest BCUT2D eigenvalue weighted by Crippen LogP contribution is -2.43. The van der Waals surface area contributed by atoms with Crippen LogP contribution in [0.2, 0.25) is 0 Å². The Morgan fingerprint density at radius 2 is 1.62 bits per heavy atom. The van der Waals surface area contributed by atoms with Crippen molar-refractivity contribution in [2.75, 3.05) is 11.9 Å². The highest BCUT2D eigenvalue weighted by Crippen LogP contribution is 2.35. The summed E-state index contributed by atoms with van der Waals surface area (Å²) in [7, 11) is 1.77. The molecule has 122 valence electrons. The number of anilines is 1. The van der Waals surface area contributed by atoms with Crippen molar-refractivity contribution < 1.29 is 9.59 Å². The van der Waals surface area contributed by atoms with Crippen LogP contribution in [0.15, 0.2) is 48.5 Å². The van der Waals surface area contributed by atoms with E-state index in [0.717, 1.165) is 24.1 Å². The van der Waals surface area contributed by atoms with Crippen LogP contribution in [0.3, 0.4) is 0 Å². The van der Waals surface area contributed by atoms with Gasteiger partial charge >= 0.3 is 0 Å². The monoisotopic (exact) mass is 320 g/mol. The smallest absolute Gasteiger partial charge is 0.228 e. The Hall–Kier alpha value is -2.62. The molecule has 0 saturated heterocycles. The van der Waals surface area contributed by atoms with Gasteiger partial charge in [-0.05, 0) is 35.6 Å². The average molecular weight is 320 g/mol. The molecule has 0 radical (unpaired) electrons. The lowest BCUT2D eigenvalue weighted by atomic mass is 9.88. The minimum atomic E-state index is -0.395. The van der Waals surface area contributed by atoms with E-state index in [0.29, 0.717) is 0 Å². The molecule has 2 amide bonds. The van der Waals surface area contributed by atoms with Crippen molar-refractivity contribution in [3.05, 3.63) is 65.2 Å². The van der Waals surface area contributed by atoms with Gasteiger partial charge in [-0.15, -0.1) is 0 Å². The standard InChI is InChI=1S/C20H20N2O2/c1-22-18-9-5-4-8-16(18)17(12-19(22)23)20(24)21-15-10-13-6-2-3-7-14(13)11-15/h2-9,15,17H,10-12H2,1H3,(H,21,24)/t17-/m1/s1. The average Bonchev–Trinajstić information content (AvgIpc) is 3.00. The van der Waals surface area contributed by atoms with Gasteiger partial charge in [0, 0.05) is 25.2 Å². The summed E-state index contributed by atoms with van der Waals surface area (Å²) in [5.41, 5.74) is 4.39. The van der Waals surface area contributed by atoms with Crippen molar-refractivity contribution in [2.24, 2.45) is 0 Å². The van der Waals surface area contributed by atoms with Gasteiger partial charge in [0.15, 0.2) is 0 Å². The fourth-order valence-corrected chi connectivity index (χ4v) is 3.84. The van der Waals surface area contributed by atoms with Gasteiger partial charge in [0.1, 0.15) is 0 Å². The quantitative estimate of drug-likeness (QED) is 0.924. The zero-order valence-corrected chi connectivity index (χ0v) is 13.7. The van der Waals surface area contributed by atoms with E-state index in [4.69, 9.17) is 0 Å². The van der Waals surface area contributed by atoms with Crippen LogP contribution >= 0.6 is 0 Å². The van der Waals surface area contributed by atoms with Gasteiger partial charge < -0.3 is 10.2 Å². The summed E-state index contributed by atoms with van der Waals surface area (Å²) in [5, 5.41) is 3.16. The van der Waals surface area contributed by atoms with Gasteiger partial charge in [0.05, 0.1) is 5.92 Å². The summed E-state index contributed by atoms with van der Waals surface area (Å²) in [6.07, 6.45) is 1.97. The molecule has 0 saturated carbocycles. The molecule has 0 aromatic heterocycles. The van der Waals surface area contributed by atoms with Crippen LogP contribution in [0.5, 0.6) is 0 Å². The molecule has 1 atom stereocenters. The number of amides is 2. The molecule has 24 heavy (non-hydrogen) atoms. The normalized spacial score (nSPS) is 19.8. The molecular formula is C20H20N2O2. The number of benzene rings is 2. The first-order chi connectivity index (χ1) is 11.6. The lowest BCUT2D eigenvalue weighted by Gasteiger charge is -2.31. The van der Waals surface area contributed by atoms with E-state index in [2.05, 4.69) is 17.4 Å². The van der Waals surface area contributed by atoms with Crippen LogP contribution < -0.4 is 10.2 Å². The first kappa shape index (κ1) is 14.9. The van der Waals surface area contributed by atoms with Crippen molar-refractivity contribution in [3.8, 4) is 0 Å². The van der Waals surface area contributed by atoms with Crippen LogP contribution in [0.1, 0.15) is 29.0 Å². The molecule has 1 aliphatic carbocycles. The van der Waals surface area contributed by atoms with Crippen LogP contribution in [0.25, 0.3) is 0 Å². The predicted octanol–water partition coefficient (Wildman–Crippen LogP) is 2.42. The van der Waals surface area contributed by atoms with E-state index in [9.17, 15) is 9.59 Å². The van der Waals surface area contributed by atoms with Gasteiger partial charge in [-0.3, -0.25) is 9.59 Å². The molecule has 4 rings (SSSR count). The summed E-state index contributed by atoms with van der Waals surface area (Å²) < 4.78 is 0. The first-order valence-electron chi connectivity index (χ1n) is 8.36. The topological polar surface area (TPSA) is 49.4 Å². The fourth-order valence-electron chi connectivity index (χ4n) is 3.84. The highest BCUT2D eigenvalue weighted by Gasteiger charge is 2.35. The Balaban J connectivity index is 1.53. The summed E-state index contributed by atoms with van der Waals surface area (Å²) in [6, 6.07) is 16.1. The van der Waals surface area contributed by atoms with E-state index in [1.807, 2.05) is 36.4 Å². The second-order valence-corrected chi connectivity index (χ2v) is 6.65. The molecule has 2 aromatic carbocycles. The van der Waals surface area contributed by atoms with E-state index < -0.39 is 5.92 Å². The van der Waals surface area contributed by atoms with E-state index in [1.165, 1.54) is 11.1 Å². The molecule has 1 heterocycles. The van der Waals surface area contributed by atoms with E-state index in [1.54, 1.807) is 11.9 Å². The largest absolute Gasteiger partial charge is 0.352 e. The summed E-state index contributed by atoms with van der Waals surface area (Å²) in [4.78, 5) is 26.7. The number of hydrogen-bond acceptors (Lipinski definition) is 2. The van der Waals surface area contributed by atoms with Crippen LogP contribution in [-0.4, -0.2) is 24.9 Å². The van der Waals surface area contributed by atoms with Gasteiger partial charge in [-0.25, -0.2) is 0 Å². The molecule has 0 fully saturated rings. The number of nitrogens with zero attached hydrogens (tertiary/aromatic N) is 1. The van der Waals surface area contributed by atoms with Gasteiger partial charge in [-0.1, -0.05) is 42.5 Å². The third kappa shape index (κ3) is 2.48. The summed E-state index contributed by atoms with van der Waals surface area (Å²) in [6.45, 7) is 0. The van der Waals surface area contributed by atoms with Crippen molar-refractivity contribution in [2.45, 2.75) is 31.2 Å². The first-order valence-corrected chi connectivity index (χ1v) is 8.36.